The summed E-state index contributed by atoms with van der Waals surface area (Å²) in [5.74, 6) is 0. The molecule has 0 aliphatic heterocycles. The SMILES string of the molecule is CCC(c1ccncc1)N(C)C(=O)NC(C)c1cn(C)nc1C. The summed E-state index contributed by atoms with van der Waals surface area (Å²) < 4.78 is 1.77. The van der Waals surface area contributed by atoms with Crippen molar-refractivity contribution in [1.82, 2.24) is 25.0 Å². The van der Waals surface area contributed by atoms with Gasteiger partial charge in [0.1, 0.15) is 0 Å². The van der Waals surface area contributed by atoms with Gasteiger partial charge >= 0.3 is 6.03 Å². The zero-order valence-corrected chi connectivity index (χ0v) is 14.4. The third kappa shape index (κ3) is 3.88. The molecular weight excluding hydrogens is 290 g/mol. The van der Waals surface area contributed by atoms with E-state index in [1.54, 1.807) is 22.0 Å². The Morgan fingerprint density at radius 2 is 2.04 bits per heavy atom. The number of pyridine rings is 1. The second-order valence-corrected chi connectivity index (χ2v) is 5.83. The molecule has 1 N–H and O–H groups in total. The molecule has 2 aromatic heterocycles. The van der Waals surface area contributed by atoms with Crippen molar-refractivity contribution in [1.29, 1.82) is 0 Å². The molecule has 23 heavy (non-hydrogen) atoms. The van der Waals surface area contributed by atoms with Gasteiger partial charge in [-0.3, -0.25) is 9.67 Å². The fourth-order valence-corrected chi connectivity index (χ4v) is 2.87. The first kappa shape index (κ1) is 17.0. The summed E-state index contributed by atoms with van der Waals surface area (Å²) in [5, 5.41) is 7.38. The van der Waals surface area contributed by atoms with E-state index < -0.39 is 0 Å². The molecule has 0 saturated carbocycles. The van der Waals surface area contributed by atoms with Gasteiger partial charge in [0.2, 0.25) is 0 Å². The molecule has 0 spiro atoms. The highest BCUT2D eigenvalue weighted by atomic mass is 16.2. The number of carbonyl (C=O) groups is 1. The van der Waals surface area contributed by atoms with E-state index in [1.807, 2.05) is 46.3 Å². The van der Waals surface area contributed by atoms with Gasteiger partial charge in [-0.2, -0.15) is 5.10 Å². The Morgan fingerprint density at radius 3 is 2.57 bits per heavy atom. The van der Waals surface area contributed by atoms with E-state index in [-0.39, 0.29) is 18.1 Å². The molecule has 0 fully saturated rings. The van der Waals surface area contributed by atoms with Crippen LogP contribution in [0.15, 0.2) is 30.7 Å². The maximum Gasteiger partial charge on any atom is 0.318 e. The number of nitrogens with zero attached hydrogens (tertiary/aromatic N) is 4. The van der Waals surface area contributed by atoms with Crippen LogP contribution in [0.25, 0.3) is 0 Å². The summed E-state index contributed by atoms with van der Waals surface area (Å²) in [6.45, 7) is 6.00. The number of rotatable bonds is 5. The lowest BCUT2D eigenvalue weighted by molar-refractivity contribution is 0.185. The van der Waals surface area contributed by atoms with Crippen molar-refractivity contribution in [2.45, 2.75) is 39.3 Å². The molecule has 6 heteroatoms. The Bertz CT molecular complexity index is 652. The number of amides is 2. The highest BCUT2D eigenvalue weighted by Gasteiger charge is 2.22. The Kier molecular flexibility index (Phi) is 5.36. The second-order valence-electron chi connectivity index (χ2n) is 5.83. The number of aromatic nitrogens is 3. The zero-order chi connectivity index (χ0) is 17.0. The van der Waals surface area contributed by atoms with E-state index in [0.717, 1.165) is 23.2 Å². The predicted octanol–water partition coefficient (Wildman–Crippen LogP) is 2.98. The number of hydrogen-bond donors (Lipinski definition) is 1. The molecule has 2 heterocycles. The molecule has 2 aromatic rings. The van der Waals surface area contributed by atoms with Crippen LogP contribution in [0.4, 0.5) is 4.79 Å². The van der Waals surface area contributed by atoms with Gasteiger partial charge in [0, 0.05) is 38.2 Å². The van der Waals surface area contributed by atoms with Crippen LogP contribution in [0.1, 0.15) is 49.2 Å². The van der Waals surface area contributed by atoms with Crippen molar-refractivity contribution in [3.05, 3.63) is 47.5 Å². The normalized spacial score (nSPS) is 13.4. The van der Waals surface area contributed by atoms with Crippen LogP contribution in [-0.4, -0.2) is 32.7 Å². The molecule has 124 valence electrons. The van der Waals surface area contributed by atoms with Gasteiger partial charge in [-0.05, 0) is 38.0 Å². The quantitative estimate of drug-likeness (QED) is 0.922. The first-order chi connectivity index (χ1) is 10.9. The second kappa shape index (κ2) is 7.26. The molecular formula is C17H25N5O. The standard InChI is InChI=1S/C17H25N5O/c1-6-16(14-7-9-18-10-8-14)22(5)17(23)19-12(2)15-11-21(4)20-13(15)3/h7-12,16H,6H2,1-5H3,(H,19,23). The molecule has 0 radical (unpaired) electrons. The number of carbonyl (C=O) groups excluding carboxylic acids is 1. The topological polar surface area (TPSA) is 63.1 Å². The lowest BCUT2D eigenvalue weighted by Crippen LogP contribution is -2.40. The van der Waals surface area contributed by atoms with E-state index in [9.17, 15) is 4.79 Å². The summed E-state index contributed by atoms with van der Waals surface area (Å²) >= 11 is 0. The largest absolute Gasteiger partial charge is 0.331 e. The molecule has 0 aliphatic carbocycles. The number of urea groups is 1. The summed E-state index contributed by atoms with van der Waals surface area (Å²) in [6, 6.07) is 3.75. The molecule has 0 bridgehead atoms. The minimum absolute atomic E-state index is 0.0280. The maximum absolute atomic E-state index is 12.6. The Morgan fingerprint density at radius 1 is 1.39 bits per heavy atom. The van der Waals surface area contributed by atoms with Crippen LogP contribution >= 0.6 is 0 Å². The van der Waals surface area contributed by atoms with Crippen LogP contribution in [0.2, 0.25) is 0 Å². The van der Waals surface area contributed by atoms with Crippen molar-refractivity contribution in [2.24, 2.45) is 7.05 Å². The molecule has 0 aliphatic rings. The first-order valence-corrected chi connectivity index (χ1v) is 7.87. The predicted molar refractivity (Wildman–Crippen MR) is 89.9 cm³/mol. The highest BCUT2D eigenvalue weighted by Crippen LogP contribution is 2.23. The van der Waals surface area contributed by atoms with Crippen molar-refractivity contribution in [3.8, 4) is 0 Å². The van der Waals surface area contributed by atoms with Crippen LogP contribution in [0, 0.1) is 6.92 Å². The average Bonchev–Trinajstić information content (AvgIpc) is 2.87. The molecule has 2 unspecified atom stereocenters. The molecule has 2 rings (SSSR count). The van der Waals surface area contributed by atoms with Gasteiger partial charge in [0.05, 0.1) is 17.8 Å². The lowest BCUT2D eigenvalue weighted by atomic mass is 10.1. The van der Waals surface area contributed by atoms with Crippen LogP contribution < -0.4 is 5.32 Å². The highest BCUT2D eigenvalue weighted by molar-refractivity contribution is 5.75. The summed E-state index contributed by atoms with van der Waals surface area (Å²) in [5.41, 5.74) is 3.06. The Hall–Kier alpha value is -2.37. The number of nitrogens with one attached hydrogen (secondary N) is 1. The Labute approximate surface area is 137 Å². The smallest absolute Gasteiger partial charge is 0.318 e. The van der Waals surface area contributed by atoms with Crippen LogP contribution in [0.3, 0.4) is 0 Å². The first-order valence-electron chi connectivity index (χ1n) is 7.87. The van der Waals surface area contributed by atoms with Gasteiger partial charge < -0.3 is 10.2 Å². The fraction of sp³-hybridized carbons (Fsp3) is 0.471. The monoisotopic (exact) mass is 315 g/mol. The van der Waals surface area contributed by atoms with Crippen molar-refractivity contribution < 1.29 is 4.79 Å². The van der Waals surface area contributed by atoms with Crippen molar-refractivity contribution in [3.63, 3.8) is 0 Å². The third-order valence-electron chi connectivity index (χ3n) is 4.12. The zero-order valence-electron chi connectivity index (χ0n) is 14.4. The number of aryl methyl sites for hydroxylation is 2. The van der Waals surface area contributed by atoms with Gasteiger partial charge in [0.25, 0.3) is 0 Å². The van der Waals surface area contributed by atoms with Crippen molar-refractivity contribution in [2.75, 3.05) is 7.05 Å². The molecule has 0 aromatic carbocycles. The van der Waals surface area contributed by atoms with Crippen molar-refractivity contribution >= 4 is 6.03 Å². The summed E-state index contributed by atoms with van der Waals surface area (Å²) in [6.07, 6.45) is 6.30. The van der Waals surface area contributed by atoms with E-state index in [4.69, 9.17) is 0 Å². The number of hydrogen-bond acceptors (Lipinski definition) is 3. The fourth-order valence-electron chi connectivity index (χ4n) is 2.87. The molecule has 0 saturated heterocycles. The van der Waals surface area contributed by atoms with Gasteiger partial charge in [-0.25, -0.2) is 4.79 Å². The van der Waals surface area contributed by atoms with E-state index in [1.165, 1.54) is 0 Å². The van der Waals surface area contributed by atoms with E-state index in [0.29, 0.717) is 0 Å². The summed E-state index contributed by atoms with van der Waals surface area (Å²) in [7, 11) is 3.71. The summed E-state index contributed by atoms with van der Waals surface area (Å²) in [4.78, 5) is 18.4. The molecule has 2 atom stereocenters. The van der Waals surface area contributed by atoms with Gasteiger partial charge in [0.15, 0.2) is 0 Å². The van der Waals surface area contributed by atoms with E-state index >= 15 is 0 Å². The lowest BCUT2D eigenvalue weighted by Gasteiger charge is -2.29. The van der Waals surface area contributed by atoms with Crippen LogP contribution in [0.5, 0.6) is 0 Å². The Balaban J connectivity index is 2.08. The maximum atomic E-state index is 12.6. The van der Waals surface area contributed by atoms with Gasteiger partial charge in [-0.15, -0.1) is 0 Å². The van der Waals surface area contributed by atoms with Crippen LogP contribution in [-0.2, 0) is 7.05 Å². The molecule has 2 amide bonds. The minimum Gasteiger partial charge on any atom is -0.331 e. The average molecular weight is 315 g/mol. The molecule has 6 nitrogen and oxygen atoms in total. The van der Waals surface area contributed by atoms with E-state index in [2.05, 4.69) is 22.3 Å². The third-order valence-corrected chi connectivity index (χ3v) is 4.12. The van der Waals surface area contributed by atoms with Gasteiger partial charge in [-0.1, -0.05) is 6.92 Å². The minimum atomic E-state index is -0.0931.